The zero-order valence-electron chi connectivity index (χ0n) is 16.5. The van der Waals surface area contributed by atoms with Crippen LogP contribution in [0.3, 0.4) is 0 Å². The predicted octanol–water partition coefficient (Wildman–Crippen LogP) is 2.01. The van der Waals surface area contributed by atoms with E-state index in [4.69, 9.17) is 4.74 Å². The molecule has 1 saturated heterocycles. The van der Waals surface area contributed by atoms with Crippen LogP contribution in [0, 0.1) is 5.41 Å². The Morgan fingerprint density at radius 2 is 1.72 bits per heavy atom. The predicted molar refractivity (Wildman–Crippen MR) is 96.1 cm³/mol. The molecule has 0 saturated carbocycles. The fraction of sp³-hybridized carbons (Fsp3) is 0.833. The largest absolute Gasteiger partial charge is 0.444 e. The maximum atomic E-state index is 12.9. The zero-order valence-corrected chi connectivity index (χ0v) is 16.5. The number of likely N-dealkylation sites (tertiary alicyclic amines) is 1. The molecular formula is C18H33N3O4. The summed E-state index contributed by atoms with van der Waals surface area (Å²) < 4.78 is 5.39. The number of rotatable bonds is 5. The summed E-state index contributed by atoms with van der Waals surface area (Å²) in [4.78, 5) is 40.1. The second kappa shape index (κ2) is 8.54. The Labute approximate surface area is 151 Å². The first kappa shape index (κ1) is 21.3. The molecule has 0 spiro atoms. The summed E-state index contributed by atoms with van der Waals surface area (Å²) in [6.45, 7) is 13.2. The Kier molecular flexibility index (Phi) is 7.26. The molecule has 0 atom stereocenters. The molecule has 1 fully saturated rings. The molecule has 0 aromatic heterocycles. The number of hydrogen-bond acceptors (Lipinski definition) is 4. The standard InChI is InChI=1S/C18H33N3O4/c1-7-19-14(22)13-20(8-2)15(23)18(6)9-11-21(12-10-18)16(24)25-17(3,4)5/h7-13H2,1-6H3,(H,19,22). The number of amides is 3. The number of carbonyl (C=O) groups is 3. The third-order valence-electron chi connectivity index (χ3n) is 4.41. The first-order valence-corrected chi connectivity index (χ1v) is 9.06. The molecule has 1 N–H and O–H groups in total. The van der Waals surface area contributed by atoms with Gasteiger partial charge >= 0.3 is 6.09 Å². The highest BCUT2D eigenvalue weighted by Crippen LogP contribution is 2.33. The molecule has 1 heterocycles. The molecule has 0 radical (unpaired) electrons. The maximum absolute atomic E-state index is 12.9. The van der Waals surface area contributed by atoms with E-state index in [9.17, 15) is 14.4 Å². The highest BCUT2D eigenvalue weighted by atomic mass is 16.6. The van der Waals surface area contributed by atoms with Crippen molar-refractivity contribution in [2.75, 3.05) is 32.7 Å². The van der Waals surface area contributed by atoms with Crippen molar-refractivity contribution in [3.63, 3.8) is 0 Å². The second-order valence-corrected chi connectivity index (χ2v) is 7.80. The van der Waals surface area contributed by atoms with E-state index >= 15 is 0 Å². The summed E-state index contributed by atoms with van der Waals surface area (Å²) >= 11 is 0. The van der Waals surface area contributed by atoms with E-state index in [1.807, 2.05) is 41.5 Å². The van der Waals surface area contributed by atoms with Crippen molar-refractivity contribution >= 4 is 17.9 Å². The third kappa shape index (κ3) is 6.21. The van der Waals surface area contributed by atoms with Gasteiger partial charge in [0.1, 0.15) is 5.60 Å². The van der Waals surface area contributed by atoms with Crippen molar-refractivity contribution in [1.82, 2.24) is 15.1 Å². The average Bonchev–Trinajstić information content (AvgIpc) is 2.51. The zero-order chi connectivity index (χ0) is 19.3. The van der Waals surface area contributed by atoms with E-state index < -0.39 is 11.0 Å². The summed E-state index contributed by atoms with van der Waals surface area (Å²) in [5.41, 5.74) is -1.08. The number of carbonyl (C=O) groups excluding carboxylic acids is 3. The quantitative estimate of drug-likeness (QED) is 0.818. The summed E-state index contributed by atoms with van der Waals surface area (Å²) in [5.74, 6) is -0.169. The van der Waals surface area contributed by atoms with Gasteiger partial charge in [0, 0.05) is 31.6 Å². The monoisotopic (exact) mass is 355 g/mol. The average molecular weight is 355 g/mol. The van der Waals surface area contributed by atoms with Crippen molar-refractivity contribution in [2.45, 2.75) is 60.0 Å². The molecule has 0 aliphatic carbocycles. The molecule has 1 aliphatic rings. The molecule has 144 valence electrons. The highest BCUT2D eigenvalue weighted by molar-refractivity contribution is 5.88. The first-order chi connectivity index (χ1) is 11.5. The van der Waals surface area contributed by atoms with E-state index in [-0.39, 0.29) is 24.5 Å². The fourth-order valence-corrected chi connectivity index (χ4v) is 2.86. The molecule has 7 heteroatoms. The van der Waals surface area contributed by atoms with Crippen LogP contribution in [-0.4, -0.2) is 66.0 Å². The van der Waals surface area contributed by atoms with E-state index in [2.05, 4.69) is 5.32 Å². The molecule has 0 unspecified atom stereocenters. The molecule has 25 heavy (non-hydrogen) atoms. The van der Waals surface area contributed by atoms with Crippen LogP contribution in [0.25, 0.3) is 0 Å². The number of nitrogens with one attached hydrogen (secondary N) is 1. The molecule has 3 amide bonds. The van der Waals surface area contributed by atoms with Gasteiger partial charge in [-0.05, 0) is 47.5 Å². The van der Waals surface area contributed by atoms with Gasteiger partial charge in [0.25, 0.3) is 0 Å². The summed E-state index contributed by atoms with van der Waals surface area (Å²) in [5, 5.41) is 2.72. The number of likely N-dealkylation sites (N-methyl/N-ethyl adjacent to an activating group) is 2. The Morgan fingerprint density at radius 3 is 2.16 bits per heavy atom. The molecule has 0 aromatic carbocycles. The lowest BCUT2D eigenvalue weighted by Crippen LogP contribution is -2.52. The van der Waals surface area contributed by atoms with Crippen molar-refractivity contribution < 1.29 is 19.1 Å². The van der Waals surface area contributed by atoms with Gasteiger partial charge in [-0.2, -0.15) is 0 Å². The van der Waals surface area contributed by atoms with Crippen LogP contribution in [0.1, 0.15) is 54.4 Å². The van der Waals surface area contributed by atoms with Crippen LogP contribution in [0.2, 0.25) is 0 Å². The van der Waals surface area contributed by atoms with Gasteiger partial charge < -0.3 is 19.9 Å². The van der Waals surface area contributed by atoms with Crippen molar-refractivity contribution in [1.29, 1.82) is 0 Å². The molecular weight excluding hydrogens is 322 g/mol. The second-order valence-electron chi connectivity index (χ2n) is 7.80. The molecule has 1 aliphatic heterocycles. The Balaban J connectivity index is 2.66. The van der Waals surface area contributed by atoms with Crippen LogP contribution >= 0.6 is 0 Å². The van der Waals surface area contributed by atoms with Crippen molar-refractivity contribution in [2.24, 2.45) is 5.41 Å². The normalized spacial score (nSPS) is 17.0. The highest BCUT2D eigenvalue weighted by Gasteiger charge is 2.41. The minimum atomic E-state index is -0.555. The van der Waals surface area contributed by atoms with Crippen LogP contribution in [0.4, 0.5) is 4.79 Å². The van der Waals surface area contributed by atoms with E-state index in [0.29, 0.717) is 39.0 Å². The van der Waals surface area contributed by atoms with Gasteiger partial charge in [-0.1, -0.05) is 6.92 Å². The number of piperidine rings is 1. The van der Waals surface area contributed by atoms with Crippen LogP contribution in [0.5, 0.6) is 0 Å². The van der Waals surface area contributed by atoms with Crippen LogP contribution < -0.4 is 5.32 Å². The topological polar surface area (TPSA) is 79.0 Å². The smallest absolute Gasteiger partial charge is 0.410 e. The Bertz CT molecular complexity index is 491. The lowest BCUT2D eigenvalue weighted by Gasteiger charge is -2.40. The number of nitrogens with zero attached hydrogens (tertiary/aromatic N) is 2. The van der Waals surface area contributed by atoms with Gasteiger partial charge in [-0.25, -0.2) is 4.79 Å². The number of ether oxygens (including phenoxy) is 1. The van der Waals surface area contributed by atoms with E-state index in [0.717, 1.165) is 0 Å². The third-order valence-corrected chi connectivity index (χ3v) is 4.41. The van der Waals surface area contributed by atoms with Gasteiger partial charge in [0.05, 0.1) is 6.54 Å². The Hall–Kier alpha value is -1.79. The molecule has 0 bridgehead atoms. The maximum Gasteiger partial charge on any atom is 0.410 e. The SMILES string of the molecule is CCNC(=O)CN(CC)C(=O)C1(C)CCN(C(=O)OC(C)(C)C)CC1. The Morgan fingerprint density at radius 1 is 1.16 bits per heavy atom. The first-order valence-electron chi connectivity index (χ1n) is 9.06. The van der Waals surface area contributed by atoms with Crippen molar-refractivity contribution in [3.05, 3.63) is 0 Å². The lowest BCUT2D eigenvalue weighted by atomic mass is 9.79. The minimum Gasteiger partial charge on any atom is -0.444 e. The summed E-state index contributed by atoms with van der Waals surface area (Å²) in [6.07, 6.45) is 0.796. The van der Waals surface area contributed by atoms with Crippen LogP contribution in [0.15, 0.2) is 0 Å². The van der Waals surface area contributed by atoms with Gasteiger partial charge in [0.2, 0.25) is 11.8 Å². The van der Waals surface area contributed by atoms with Crippen molar-refractivity contribution in [3.8, 4) is 0 Å². The summed E-state index contributed by atoms with van der Waals surface area (Å²) in [7, 11) is 0. The fourth-order valence-electron chi connectivity index (χ4n) is 2.86. The van der Waals surface area contributed by atoms with E-state index in [1.54, 1.807) is 9.80 Å². The number of hydrogen-bond donors (Lipinski definition) is 1. The van der Waals surface area contributed by atoms with Gasteiger partial charge in [-0.15, -0.1) is 0 Å². The lowest BCUT2D eigenvalue weighted by molar-refractivity contribution is -0.146. The van der Waals surface area contributed by atoms with Gasteiger partial charge in [0.15, 0.2) is 0 Å². The molecule has 7 nitrogen and oxygen atoms in total. The van der Waals surface area contributed by atoms with Gasteiger partial charge in [-0.3, -0.25) is 9.59 Å². The van der Waals surface area contributed by atoms with E-state index in [1.165, 1.54) is 0 Å². The molecule has 0 aromatic rings. The minimum absolute atomic E-state index is 0.0231. The van der Waals surface area contributed by atoms with Crippen LogP contribution in [-0.2, 0) is 14.3 Å². The molecule has 1 rings (SSSR count). The summed E-state index contributed by atoms with van der Waals surface area (Å²) in [6, 6.07) is 0.